The number of ether oxygens (including phenoxy) is 1. The van der Waals surface area contributed by atoms with Gasteiger partial charge in [0.05, 0.1) is 25.8 Å². The van der Waals surface area contributed by atoms with Crippen LogP contribution in [0.2, 0.25) is 0 Å². The van der Waals surface area contributed by atoms with Gasteiger partial charge in [-0.1, -0.05) is 30.2 Å². The number of anilines is 2. The molecule has 3 aromatic carbocycles. The van der Waals surface area contributed by atoms with E-state index in [0.29, 0.717) is 6.54 Å². The Labute approximate surface area is 181 Å². The average molecular weight is 421 g/mol. The summed E-state index contributed by atoms with van der Waals surface area (Å²) in [6, 6.07) is 19.7. The molecule has 0 aliphatic rings. The number of carboxylic acids is 1. The number of hydrogen-bond acceptors (Lipinski definition) is 5. The summed E-state index contributed by atoms with van der Waals surface area (Å²) in [5, 5.41) is 11.3. The van der Waals surface area contributed by atoms with Gasteiger partial charge in [0.25, 0.3) is 0 Å². The number of hydrogen-bond donors (Lipinski definition) is 2. The van der Waals surface area contributed by atoms with Crippen LogP contribution in [0.1, 0.15) is 13.3 Å². The highest BCUT2D eigenvalue weighted by atomic mass is 32.2. The molecule has 154 valence electrons. The molecule has 5 nitrogen and oxygen atoms in total. The molecule has 0 radical (unpaired) electrons. The van der Waals surface area contributed by atoms with Crippen molar-refractivity contribution in [3.8, 4) is 18.1 Å². The fourth-order valence-corrected chi connectivity index (χ4v) is 4.00. The Morgan fingerprint density at radius 1 is 1.17 bits per heavy atom. The lowest BCUT2D eigenvalue weighted by atomic mass is 10.0. The first-order chi connectivity index (χ1) is 14.5. The maximum Gasteiger partial charge on any atom is 0.305 e. The SMILES string of the molecule is C#CCN(c1ccc(NSc2ccc(OC)cc2)c2ccccc12)[C@@H](C)CC(=O)O. The third kappa shape index (κ3) is 5.00. The van der Waals surface area contributed by atoms with E-state index in [4.69, 9.17) is 11.2 Å². The molecule has 6 heteroatoms. The molecule has 0 aromatic heterocycles. The topological polar surface area (TPSA) is 61.8 Å². The number of methoxy groups -OCH3 is 1. The number of rotatable bonds is 9. The first-order valence-corrected chi connectivity index (χ1v) is 10.4. The van der Waals surface area contributed by atoms with E-state index in [1.165, 1.54) is 11.9 Å². The number of carbonyl (C=O) groups is 1. The maximum atomic E-state index is 11.2. The molecule has 0 unspecified atom stereocenters. The van der Waals surface area contributed by atoms with E-state index >= 15 is 0 Å². The van der Waals surface area contributed by atoms with E-state index < -0.39 is 5.97 Å². The van der Waals surface area contributed by atoms with Crippen molar-refractivity contribution in [1.82, 2.24) is 0 Å². The molecule has 0 saturated heterocycles. The zero-order chi connectivity index (χ0) is 21.5. The Morgan fingerprint density at radius 2 is 1.87 bits per heavy atom. The van der Waals surface area contributed by atoms with Gasteiger partial charge in [0.2, 0.25) is 0 Å². The highest BCUT2D eigenvalue weighted by Crippen LogP contribution is 2.35. The quantitative estimate of drug-likeness (QED) is 0.363. The van der Waals surface area contributed by atoms with Crippen LogP contribution >= 0.6 is 11.9 Å². The summed E-state index contributed by atoms with van der Waals surface area (Å²) in [5.41, 5.74) is 1.90. The largest absolute Gasteiger partial charge is 0.497 e. The number of fused-ring (bicyclic) bond motifs is 1. The maximum absolute atomic E-state index is 11.2. The van der Waals surface area contributed by atoms with E-state index in [9.17, 15) is 9.90 Å². The highest BCUT2D eigenvalue weighted by Gasteiger charge is 2.19. The van der Waals surface area contributed by atoms with Crippen LogP contribution in [-0.2, 0) is 4.79 Å². The zero-order valence-corrected chi connectivity index (χ0v) is 17.8. The van der Waals surface area contributed by atoms with Crippen LogP contribution < -0.4 is 14.4 Å². The summed E-state index contributed by atoms with van der Waals surface area (Å²) >= 11 is 1.52. The molecule has 0 bridgehead atoms. The van der Waals surface area contributed by atoms with Crippen LogP contribution in [0.15, 0.2) is 65.6 Å². The second-order valence-corrected chi connectivity index (χ2v) is 7.72. The Morgan fingerprint density at radius 3 is 2.50 bits per heavy atom. The molecule has 0 spiro atoms. The summed E-state index contributed by atoms with van der Waals surface area (Å²) in [6.45, 7) is 2.22. The van der Waals surface area contributed by atoms with Crippen LogP contribution in [-0.4, -0.2) is 30.8 Å². The molecule has 0 saturated carbocycles. The van der Waals surface area contributed by atoms with Gasteiger partial charge in [-0.05, 0) is 55.3 Å². The molecule has 0 aliphatic carbocycles. The average Bonchev–Trinajstić information content (AvgIpc) is 2.76. The zero-order valence-electron chi connectivity index (χ0n) is 17.0. The van der Waals surface area contributed by atoms with Crippen molar-refractivity contribution in [2.75, 3.05) is 23.3 Å². The predicted molar refractivity (Wildman–Crippen MR) is 124 cm³/mol. The van der Waals surface area contributed by atoms with Crippen molar-refractivity contribution in [2.45, 2.75) is 24.3 Å². The second kappa shape index (κ2) is 9.95. The van der Waals surface area contributed by atoms with Crippen LogP contribution in [0.5, 0.6) is 5.75 Å². The Balaban J connectivity index is 1.91. The minimum Gasteiger partial charge on any atom is -0.497 e. The van der Waals surface area contributed by atoms with Crippen molar-refractivity contribution in [3.63, 3.8) is 0 Å². The number of carboxylic acid groups (broad SMARTS) is 1. The van der Waals surface area contributed by atoms with Gasteiger partial charge >= 0.3 is 5.97 Å². The first-order valence-electron chi connectivity index (χ1n) is 9.54. The van der Waals surface area contributed by atoms with Crippen molar-refractivity contribution in [2.24, 2.45) is 0 Å². The Hall–Kier alpha value is -3.30. The number of terminal acetylenes is 1. The summed E-state index contributed by atoms with van der Waals surface area (Å²) in [5.74, 6) is 2.63. The smallest absolute Gasteiger partial charge is 0.305 e. The third-order valence-electron chi connectivity index (χ3n) is 4.81. The summed E-state index contributed by atoms with van der Waals surface area (Å²) in [7, 11) is 1.65. The van der Waals surface area contributed by atoms with E-state index in [2.05, 4.69) is 10.6 Å². The number of nitrogens with zero attached hydrogens (tertiary/aromatic N) is 1. The molecule has 3 rings (SSSR count). The van der Waals surface area contributed by atoms with Crippen molar-refractivity contribution >= 4 is 40.1 Å². The number of aliphatic carboxylic acids is 1. The van der Waals surface area contributed by atoms with E-state index in [-0.39, 0.29) is 12.5 Å². The molecular weight excluding hydrogens is 396 g/mol. The summed E-state index contributed by atoms with van der Waals surface area (Å²) < 4.78 is 8.63. The molecule has 3 aromatic rings. The van der Waals surface area contributed by atoms with Gasteiger partial charge in [-0.25, -0.2) is 0 Å². The fraction of sp³-hybridized carbons (Fsp3) is 0.208. The van der Waals surface area contributed by atoms with Gasteiger partial charge < -0.3 is 19.5 Å². The summed E-state index contributed by atoms with van der Waals surface area (Å²) in [4.78, 5) is 14.3. The number of benzene rings is 3. The van der Waals surface area contributed by atoms with Crippen LogP contribution in [0.3, 0.4) is 0 Å². The van der Waals surface area contributed by atoms with Crippen LogP contribution in [0, 0.1) is 12.3 Å². The normalized spacial score (nSPS) is 11.5. The molecule has 2 N–H and O–H groups in total. The molecule has 0 fully saturated rings. The van der Waals surface area contributed by atoms with Crippen molar-refractivity contribution in [3.05, 3.63) is 60.7 Å². The molecule has 1 atom stereocenters. The molecule has 0 amide bonds. The lowest BCUT2D eigenvalue weighted by molar-refractivity contribution is -0.137. The van der Waals surface area contributed by atoms with Gasteiger partial charge in [-0.15, -0.1) is 6.42 Å². The standard InChI is InChI=1S/C24H24N2O3S/c1-4-15-26(17(2)16-24(27)28)23-14-13-22(20-7-5-6-8-21(20)23)25-30-19-11-9-18(29-3)10-12-19/h1,5-14,17,25H,15-16H2,2-3H3,(H,27,28)/t17-/m0/s1. The minimum absolute atomic E-state index is 0.0172. The lowest BCUT2D eigenvalue weighted by Crippen LogP contribution is -2.35. The highest BCUT2D eigenvalue weighted by molar-refractivity contribution is 8.00. The van der Waals surface area contributed by atoms with Gasteiger partial charge in [-0.2, -0.15) is 0 Å². The number of nitrogens with one attached hydrogen (secondary N) is 1. The van der Waals surface area contributed by atoms with Crippen molar-refractivity contribution < 1.29 is 14.6 Å². The lowest BCUT2D eigenvalue weighted by Gasteiger charge is -2.30. The second-order valence-electron chi connectivity index (χ2n) is 6.84. The van der Waals surface area contributed by atoms with E-state index in [0.717, 1.165) is 32.8 Å². The molecular formula is C24H24N2O3S. The van der Waals surface area contributed by atoms with Crippen LogP contribution in [0.25, 0.3) is 10.8 Å². The Kier molecular flexibility index (Phi) is 7.10. The predicted octanol–water partition coefficient (Wildman–Crippen LogP) is 5.27. The molecule has 0 heterocycles. The van der Waals surface area contributed by atoms with E-state index in [1.807, 2.05) is 72.5 Å². The minimum atomic E-state index is -0.844. The van der Waals surface area contributed by atoms with Gasteiger partial charge in [0, 0.05) is 27.4 Å². The third-order valence-corrected chi connectivity index (χ3v) is 5.64. The van der Waals surface area contributed by atoms with Crippen molar-refractivity contribution in [1.29, 1.82) is 0 Å². The summed E-state index contributed by atoms with van der Waals surface area (Å²) in [6.07, 6.45) is 5.60. The molecule has 0 aliphatic heterocycles. The van der Waals surface area contributed by atoms with Crippen LogP contribution in [0.4, 0.5) is 11.4 Å². The van der Waals surface area contributed by atoms with Gasteiger partial charge in [0.1, 0.15) is 5.75 Å². The monoisotopic (exact) mass is 420 g/mol. The fourth-order valence-electron chi connectivity index (χ4n) is 3.32. The Bertz CT molecular complexity index is 1060. The first kappa shape index (κ1) is 21.4. The molecule has 30 heavy (non-hydrogen) atoms. The van der Waals surface area contributed by atoms with Gasteiger partial charge in [-0.3, -0.25) is 4.79 Å². The van der Waals surface area contributed by atoms with Gasteiger partial charge in [0.15, 0.2) is 0 Å². The van der Waals surface area contributed by atoms with E-state index in [1.54, 1.807) is 7.11 Å².